The van der Waals surface area contributed by atoms with Crippen LogP contribution in [0.15, 0.2) is 70.1 Å². The lowest BCUT2D eigenvalue weighted by molar-refractivity contribution is -0.152. The van der Waals surface area contributed by atoms with Crippen LogP contribution >= 0.6 is 0 Å². The number of nitrogens with zero attached hydrogens (tertiary/aromatic N) is 4. The second-order valence-corrected chi connectivity index (χ2v) is 7.98. The van der Waals surface area contributed by atoms with Gasteiger partial charge in [-0.05, 0) is 53.5 Å². The highest BCUT2D eigenvalue weighted by atomic mass is 19.4. The zero-order valence-corrected chi connectivity index (χ0v) is 17.7. The molecule has 1 aliphatic rings. The fraction of sp³-hybridized carbons (Fsp3) is 0.208. The van der Waals surface area contributed by atoms with Crippen LogP contribution in [0.2, 0.25) is 0 Å². The van der Waals surface area contributed by atoms with Gasteiger partial charge in [-0.15, -0.1) is 0 Å². The van der Waals surface area contributed by atoms with Gasteiger partial charge < -0.3 is 9.32 Å². The quantitative estimate of drug-likeness (QED) is 0.398. The fourth-order valence-corrected chi connectivity index (χ4v) is 3.91. The van der Waals surface area contributed by atoms with Crippen LogP contribution in [0.3, 0.4) is 0 Å². The fourth-order valence-electron chi connectivity index (χ4n) is 3.91. The first-order valence-electron chi connectivity index (χ1n) is 10.5. The van der Waals surface area contributed by atoms with Crippen LogP contribution in [-0.4, -0.2) is 27.6 Å². The van der Waals surface area contributed by atoms with Crippen molar-refractivity contribution in [1.29, 1.82) is 0 Å². The Hall–Kier alpha value is -3.95. The molecule has 5 rings (SSSR count). The standard InChI is InChI=1S/C24H18F4N4O2/c25-19-4-2-16(3-5-19)17-7-9-31(10-8-17)22-29-14-32(23(33)30-22)13-15-1-6-20-18(11-15)12-21(34-20)24(26,27)28/h1-7,11-12,14H,8-10,13H2. The van der Waals surface area contributed by atoms with E-state index in [4.69, 9.17) is 4.42 Å². The number of hydrogen-bond donors (Lipinski definition) is 0. The number of halogens is 4. The molecule has 2 aromatic carbocycles. The molecule has 6 nitrogen and oxygen atoms in total. The van der Waals surface area contributed by atoms with Gasteiger partial charge in [0.15, 0.2) is 0 Å². The molecular weight excluding hydrogens is 452 g/mol. The number of fused-ring (bicyclic) bond motifs is 1. The summed E-state index contributed by atoms with van der Waals surface area (Å²) in [6.07, 6.45) is -0.489. The first-order valence-corrected chi connectivity index (χ1v) is 10.5. The summed E-state index contributed by atoms with van der Waals surface area (Å²) in [5.74, 6) is -1.05. The molecule has 0 atom stereocenters. The number of alkyl halides is 3. The molecule has 0 saturated carbocycles. The molecule has 0 bridgehead atoms. The van der Waals surface area contributed by atoms with Crippen molar-refractivity contribution in [2.75, 3.05) is 18.0 Å². The first kappa shape index (κ1) is 21.9. The van der Waals surface area contributed by atoms with E-state index in [0.29, 0.717) is 36.4 Å². The van der Waals surface area contributed by atoms with Gasteiger partial charge in [0, 0.05) is 18.5 Å². The summed E-state index contributed by atoms with van der Waals surface area (Å²) >= 11 is 0. The largest absolute Gasteiger partial charge is 0.452 e. The van der Waals surface area contributed by atoms with E-state index in [2.05, 4.69) is 9.97 Å². The number of hydrogen-bond acceptors (Lipinski definition) is 5. The second kappa shape index (κ2) is 8.44. The molecule has 1 aliphatic heterocycles. The van der Waals surface area contributed by atoms with Crippen molar-refractivity contribution in [2.24, 2.45) is 0 Å². The molecule has 0 unspecified atom stereocenters. The minimum atomic E-state index is -4.57. The Labute approximate surface area is 190 Å². The lowest BCUT2D eigenvalue weighted by Crippen LogP contribution is -2.34. The average Bonchev–Trinajstić information content (AvgIpc) is 3.25. The molecular formula is C24H18F4N4O2. The van der Waals surface area contributed by atoms with Crippen molar-refractivity contribution in [3.05, 3.63) is 94.1 Å². The zero-order valence-electron chi connectivity index (χ0n) is 17.7. The monoisotopic (exact) mass is 470 g/mol. The molecule has 34 heavy (non-hydrogen) atoms. The molecule has 10 heteroatoms. The SMILES string of the molecule is O=c1nc(N2CC=C(c3ccc(F)cc3)CC2)ncn1Cc1ccc2oc(C(F)(F)F)cc2c1. The molecule has 174 valence electrons. The number of rotatable bonds is 4. The molecule has 0 spiro atoms. The van der Waals surface area contributed by atoms with E-state index < -0.39 is 17.6 Å². The van der Waals surface area contributed by atoms with Gasteiger partial charge in [-0.2, -0.15) is 18.2 Å². The second-order valence-electron chi connectivity index (χ2n) is 7.98. The van der Waals surface area contributed by atoms with Crippen LogP contribution in [0, 0.1) is 5.82 Å². The Morgan fingerprint density at radius 3 is 2.53 bits per heavy atom. The summed E-state index contributed by atoms with van der Waals surface area (Å²) in [7, 11) is 0. The number of aromatic nitrogens is 3. The summed E-state index contributed by atoms with van der Waals surface area (Å²) < 4.78 is 57.9. The van der Waals surface area contributed by atoms with E-state index in [1.807, 2.05) is 11.0 Å². The Kier molecular flexibility index (Phi) is 5.43. The first-order chi connectivity index (χ1) is 16.3. The van der Waals surface area contributed by atoms with Crippen molar-refractivity contribution in [3.8, 4) is 0 Å². The third-order valence-electron chi connectivity index (χ3n) is 5.67. The van der Waals surface area contributed by atoms with Crippen molar-refractivity contribution >= 4 is 22.5 Å². The minimum absolute atomic E-state index is 0.107. The number of benzene rings is 2. The van der Waals surface area contributed by atoms with Gasteiger partial charge in [-0.25, -0.2) is 14.2 Å². The van der Waals surface area contributed by atoms with E-state index in [-0.39, 0.29) is 17.9 Å². The average molecular weight is 470 g/mol. The van der Waals surface area contributed by atoms with Gasteiger partial charge in [0.25, 0.3) is 0 Å². The van der Waals surface area contributed by atoms with Crippen LogP contribution in [-0.2, 0) is 12.7 Å². The smallest absolute Gasteiger partial charge is 0.449 e. The molecule has 0 amide bonds. The predicted molar refractivity (Wildman–Crippen MR) is 118 cm³/mol. The van der Waals surface area contributed by atoms with Crippen LogP contribution in [0.4, 0.5) is 23.5 Å². The van der Waals surface area contributed by atoms with Crippen molar-refractivity contribution in [3.63, 3.8) is 0 Å². The third kappa shape index (κ3) is 4.43. The third-order valence-corrected chi connectivity index (χ3v) is 5.67. The maximum absolute atomic E-state index is 13.1. The Morgan fingerprint density at radius 1 is 1.06 bits per heavy atom. The molecule has 0 radical (unpaired) electrons. The highest BCUT2D eigenvalue weighted by Gasteiger charge is 2.35. The maximum Gasteiger partial charge on any atom is 0.449 e. The number of furan rings is 1. The predicted octanol–water partition coefficient (Wildman–Crippen LogP) is 4.88. The van der Waals surface area contributed by atoms with E-state index >= 15 is 0 Å². The van der Waals surface area contributed by atoms with Gasteiger partial charge in [0.1, 0.15) is 17.7 Å². The summed E-state index contributed by atoms with van der Waals surface area (Å²) in [5, 5.41) is 0.299. The zero-order chi connectivity index (χ0) is 23.9. The van der Waals surface area contributed by atoms with Gasteiger partial charge in [0.05, 0.1) is 6.54 Å². The Balaban J connectivity index is 1.30. The lowest BCUT2D eigenvalue weighted by atomic mass is 10.00. The lowest BCUT2D eigenvalue weighted by Gasteiger charge is -2.26. The van der Waals surface area contributed by atoms with Crippen LogP contribution < -0.4 is 10.6 Å². The van der Waals surface area contributed by atoms with E-state index in [1.54, 1.807) is 24.3 Å². The van der Waals surface area contributed by atoms with E-state index in [9.17, 15) is 22.4 Å². The summed E-state index contributed by atoms with van der Waals surface area (Å²) in [6, 6.07) is 11.8. The van der Waals surface area contributed by atoms with Gasteiger partial charge >= 0.3 is 11.9 Å². The highest BCUT2D eigenvalue weighted by molar-refractivity contribution is 5.78. The molecule has 3 heterocycles. The Bertz CT molecular complexity index is 1440. The van der Waals surface area contributed by atoms with Gasteiger partial charge in [-0.1, -0.05) is 24.3 Å². The molecule has 0 fully saturated rings. The van der Waals surface area contributed by atoms with Gasteiger partial charge in [-0.3, -0.25) is 4.57 Å². The van der Waals surface area contributed by atoms with E-state index in [0.717, 1.165) is 17.2 Å². The van der Waals surface area contributed by atoms with Crippen LogP contribution in [0.1, 0.15) is 23.3 Å². The van der Waals surface area contributed by atoms with Crippen LogP contribution in [0.5, 0.6) is 0 Å². The highest BCUT2D eigenvalue weighted by Crippen LogP contribution is 2.34. The molecule has 0 aliphatic carbocycles. The molecule has 0 N–H and O–H groups in total. The Morgan fingerprint density at radius 2 is 1.85 bits per heavy atom. The summed E-state index contributed by atoms with van der Waals surface area (Å²) in [6.45, 7) is 1.22. The van der Waals surface area contributed by atoms with E-state index in [1.165, 1.54) is 29.1 Å². The van der Waals surface area contributed by atoms with Crippen molar-refractivity contribution < 1.29 is 22.0 Å². The molecule has 4 aromatic rings. The summed E-state index contributed by atoms with van der Waals surface area (Å²) in [4.78, 5) is 22.8. The minimum Gasteiger partial charge on any atom is -0.452 e. The number of anilines is 1. The summed E-state index contributed by atoms with van der Waals surface area (Å²) in [5.41, 5.74) is 2.27. The van der Waals surface area contributed by atoms with Gasteiger partial charge in [0.2, 0.25) is 11.7 Å². The maximum atomic E-state index is 13.1. The van der Waals surface area contributed by atoms with Crippen molar-refractivity contribution in [1.82, 2.24) is 14.5 Å². The molecule has 0 saturated heterocycles. The van der Waals surface area contributed by atoms with Crippen molar-refractivity contribution in [2.45, 2.75) is 19.1 Å². The topological polar surface area (TPSA) is 64.2 Å². The van der Waals surface area contributed by atoms with Crippen LogP contribution in [0.25, 0.3) is 16.5 Å². The molecule has 2 aromatic heterocycles. The normalized spacial score (nSPS) is 14.5.